The first kappa shape index (κ1) is 21.7. The van der Waals surface area contributed by atoms with E-state index in [0.29, 0.717) is 48.3 Å². The third-order valence-corrected chi connectivity index (χ3v) is 6.70. The topological polar surface area (TPSA) is 133 Å². The maximum absolute atomic E-state index is 13.0. The number of carbonyl (C=O) groups excluding carboxylic acids is 1. The zero-order valence-corrected chi connectivity index (χ0v) is 19.7. The Kier molecular flexibility index (Phi) is 5.04. The zero-order valence-electron chi connectivity index (χ0n) is 19.7. The Morgan fingerprint density at radius 1 is 1.17 bits per heavy atom. The molecule has 1 amide bonds. The summed E-state index contributed by atoms with van der Waals surface area (Å²) < 4.78 is 7.52. The molecule has 0 saturated carbocycles. The second-order valence-corrected chi connectivity index (χ2v) is 9.00. The van der Waals surface area contributed by atoms with Crippen molar-refractivity contribution in [1.29, 1.82) is 0 Å². The molecule has 0 spiro atoms. The highest BCUT2D eigenvalue weighted by Crippen LogP contribution is 2.38. The van der Waals surface area contributed by atoms with E-state index in [1.54, 1.807) is 18.6 Å². The molecule has 2 atom stereocenters. The Hall–Kier alpha value is -3.83. The molecule has 6 heterocycles. The molecule has 0 bridgehead atoms. The summed E-state index contributed by atoms with van der Waals surface area (Å²) >= 11 is 0. The third kappa shape index (κ3) is 3.46. The van der Waals surface area contributed by atoms with E-state index in [9.17, 15) is 4.79 Å². The predicted molar refractivity (Wildman–Crippen MR) is 128 cm³/mol. The van der Waals surface area contributed by atoms with Gasteiger partial charge >= 0.3 is 0 Å². The predicted octanol–water partition coefficient (Wildman–Crippen LogP) is 2.22. The third-order valence-electron chi connectivity index (χ3n) is 6.70. The molecule has 0 unspecified atom stereocenters. The van der Waals surface area contributed by atoms with Crippen LogP contribution in [-0.2, 0) is 21.6 Å². The fourth-order valence-corrected chi connectivity index (χ4v) is 4.81. The fraction of sp³-hybridized carbons (Fsp3) is 0.375. The Morgan fingerprint density at radius 2 is 1.97 bits per heavy atom. The summed E-state index contributed by atoms with van der Waals surface area (Å²) in [7, 11) is 0. The van der Waals surface area contributed by atoms with E-state index < -0.39 is 5.54 Å². The number of anilines is 1. The quantitative estimate of drug-likeness (QED) is 0.449. The fourth-order valence-electron chi connectivity index (χ4n) is 4.81. The number of ether oxygens (including phenoxy) is 1. The molecule has 35 heavy (non-hydrogen) atoms. The molecule has 2 aliphatic heterocycles. The number of hydrogen-bond donors (Lipinski definition) is 2. The first-order valence-corrected chi connectivity index (χ1v) is 11.7. The van der Waals surface area contributed by atoms with Crippen molar-refractivity contribution in [3.8, 4) is 22.6 Å². The number of aromatic nitrogens is 7. The van der Waals surface area contributed by atoms with Crippen LogP contribution in [0.15, 0.2) is 31.0 Å². The lowest BCUT2D eigenvalue weighted by Gasteiger charge is -2.27. The van der Waals surface area contributed by atoms with Crippen molar-refractivity contribution in [2.24, 2.45) is 0 Å². The van der Waals surface area contributed by atoms with Crippen LogP contribution in [0.5, 0.6) is 0 Å². The van der Waals surface area contributed by atoms with Crippen LogP contribution >= 0.6 is 0 Å². The van der Waals surface area contributed by atoms with Crippen molar-refractivity contribution in [2.75, 3.05) is 18.5 Å². The van der Waals surface area contributed by atoms with Crippen molar-refractivity contribution in [3.05, 3.63) is 42.4 Å². The van der Waals surface area contributed by atoms with Gasteiger partial charge in [-0.2, -0.15) is 0 Å². The van der Waals surface area contributed by atoms with Crippen LogP contribution in [0.3, 0.4) is 0 Å². The van der Waals surface area contributed by atoms with E-state index >= 15 is 0 Å². The normalized spacial score (nSPS) is 21.5. The maximum Gasteiger partial charge on any atom is 0.250 e. The van der Waals surface area contributed by atoms with Crippen molar-refractivity contribution in [2.45, 2.75) is 45.3 Å². The van der Waals surface area contributed by atoms with Gasteiger partial charge in [0.05, 0.1) is 12.2 Å². The number of aryl methyl sites for hydroxylation is 2. The van der Waals surface area contributed by atoms with Crippen LogP contribution in [0.1, 0.15) is 31.7 Å². The van der Waals surface area contributed by atoms with Gasteiger partial charge in [0.15, 0.2) is 5.65 Å². The highest BCUT2D eigenvalue weighted by Gasteiger charge is 2.45. The largest absolute Gasteiger partial charge is 0.380 e. The number of nitrogens with one attached hydrogen (secondary N) is 2. The molecule has 11 nitrogen and oxygen atoms in total. The molecular formula is C24H25N9O2. The molecule has 178 valence electrons. The number of pyridine rings is 1. The molecule has 0 radical (unpaired) electrons. The Bertz CT molecular complexity index is 1440. The summed E-state index contributed by atoms with van der Waals surface area (Å²) in [5.41, 5.74) is 3.44. The average molecular weight is 472 g/mol. The van der Waals surface area contributed by atoms with E-state index in [2.05, 4.69) is 35.6 Å². The molecule has 4 aromatic rings. The number of rotatable bonds is 5. The Balaban J connectivity index is 1.47. The highest BCUT2D eigenvalue weighted by molar-refractivity contribution is 6.05. The standard InChI is InChI=1S/C24H25N9O2/c1-4-33-21(15-9-25-13(2)26-10-15)30-19-18(28-12-29-22(19)33)14-7-17-20(27-8-14)31-23(34)24(17,3)32-16-5-6-35-11-16/h7-10,12,16,32H,4-6,11H2,1-3H3,(H,27,31,34)/t16-,24+/m0/s1. The molecule has 0 aromatic carbocycles. The van der Waals surface area contributed by atoms with E-state index in [1.807, 2.05) is 31.4 Å². The monoisotopic (exact) mass is 471 g/mol. The van der Waals surface area contributed by atoms with Crippen molar-refractivity contribution >= 4 is 22.9 Å². The molecule has 1 saturated heterocycles. The van der Waals surface area contributed by atoms with E-state index in [0.717, 1.165) is 28.9 Å². The van der Waals surface area contributed by atoms with Gasteiger partial charge in [-0.1, -0.05) is 0 Å². The lowest BCUT2D eigenvalue weighted by molar-refractivity contribution is -0.121. The van der Waals surface area contributed by atoms with Gasteiger partial charge in [0.1, 0.15) is 40.5 Å². The maximum atomic E-state index is 13.0. The van der Waals surface area contributed by atoms with Gasteiger partial charge in [0.2, 0.25) is 5.91 Å². The first-order chi connectivity index (χ1) is 17.0. The molecule has 4 aromatic heterocycles. The van der Waals surface area contributed by atoms with Gasteiger partial charge in [-0.3, -0.25) is 10.1 Å². The van der Waals surface area contributed by atoms with E-state index in [-0.39, 0.29) is 11.9 Å². The van der Waals surface area contributed by atoms with Gasteiger partial charge in [-0.25, -0.2) is 29.9 Å². The van der Waals surface area contributed by atoms with Crippen LogP contribution < -0.4 is 10.6 Å². The molecule has 1 fully saturated rings. The summed E-state index contributed by atoms with van der Waals surface area (Å²) in [5, 5.41) is 6.39. The summed E-state index contributed by atoms with van der Waals surface area (Å²) in [4.78, 5) is 40.2. The highest BCUT2D eigenvalue weighted by atomic mass is 16.5. The SMILES string of the molecule is CCn1c(-c2cnc(C)nc2)nc2c(-c3cnc4c(c3)[C@@](C)(N[C@H]3CCOC3)C(=O)N4)ncnc21. The Labute approximate surface area is 201 Å². The number of fused-ring (bicyclic) bond motifs is 2. The summed E-state index contributed by atoms with van der Waals surface area (Å²) in [6.45, 7) is 7.71. The summed E-state index contributed by atoms with van der Waals surface area (Å²) in [6, 6.07) is 2.07. The minimum absolute atomic E-state index is 0.102. The van der Waals surface area contributed by atoms with Gasteiger partial charge in [-0.05, 0) is 33.3 Å². The smallest absolute Gasteiger partial charge is 0.250 e. The molecular weight excluding hydrogens is 446 g/mol. The van der Waals surface area contributed by atoms with Gasteiger partial charge in [0, 0.05) is 48.9 Å². The van der Waals surface area contributed by atoms with Crippen LogP contribution in [0.25, 0.3) is 33.8 Å². The van der Waals surface area contributed by atoms with Crippen LogP contribution in [0.4, 0.5) is 5.82 Å². The molecule has 6 rings (SSSR count). The van der Waals surface area contributed by atoms with Crippen LogP contribution in [-0.4, -0.2) is 59.6 Å². The second-order valence-electron chi connectivity index (χ2n) is 9.00. The number of carbonyl (C=O) groups is 1. The first-order valence-electron chi connectivity index (χ1n) is 11.7. The van der Waals surface area contributed by atoms with Gasteiger partial charge in [0.25, 0.3) is 0 Å². The average Bonchev–Trinajstić information content (AvgIpc) is 3.57. The minimum Gasteiger partial charge on any atom is -0.380 e. The van der Waals surface area contributed by atoms with Crippen molar-refractivity contribution in [1.82, 2.24) is 39.8 Å². The van der Waals surface area contributed by atoms with Crippen LogP contribution in [0, 0.1) is 6.92 Å². The number of nitrogens with zero attached hydrogens (tertiary/aromatic N) is 7. The van der Waals surface area contributed by atoms with E-state index in [1.165, 1.54) is 6.33 Å². The van der Waals surface area contributed by atoms with Gasteiger partial charge in [-0.15, -0.1) is 0 Å². The lowest BCUT2D eigenvalue weighted by Crippen LogP contribution is -2.50. The van der Waals surface area contributed by atoms with Crippen LogP contribution in [0.2, 0.25) is 0 Å². The molecule has 11 heteroatoms. The molecule has 0 aliphatic carbocycles. The van der Waals surface area contributed by atoms with Gasteiger partial charge < -0.3 is 14.6 Å². The van der Waals surface area contributed by atoms with E-state index in [4.69, 9.17) is 9.72 Å². The Morgan fingerprint density at radius 3 is 2.71 bits per heavy atom. The summed E-state index contributed by atoms with van der Waals surface area (Å²) in [6.07, 6.45) is 7.63. The second kappa shape index (κ2) is 8.14. The number of amides is 1. The number of imidazole rings is 1. The molecule has 2 aliphatic rings. The number of hydrogen-bond acceptors (Lipinski definition) is 9. The zero-order chi connectivity index (χ0) is 24.2. The minimum atomic E-state index is -0.921. The lowest BCUT2D eigenvalue weighted by atomic mass is 9.92. The van der Waals surface area contributed by atoms with Crippen molar-refractivity contribution < 1.29 is 9.53 Å². The summed E-state index contributed by atoms with van der Waals surface area (Å²) in [5.74, 6) is 1.84. The molecule has 2 N–H and O–H groups in total. The van der Waals surface area contributed by atoms with Crippen molar-refractivity contribution in [3.63, 3.8) is 0 Å².